The van der Waals surface area contributed by atoms with E-state index in [0.717, 1.165) is 5.57 Å². The van der Waals surface area contributed by atoms with E-state index in [9.17, 15) is 0 Å². The third-order valence-corrected chi connectivity index (χ3v) is 2.20. The Balaban J connectivity index is 2.80. The second-order valence-electron chi connectivity index (χ2n) is 2.98. The number of allylic oxidation sites excluding steroid dienone is 2. The number of benzene rings is 1. The molecular weight excluding hydrogens is 180 g/mol. The largest absolute Gasteiger partial charge is 0.122 e. The summed E-state index contributed by atoms with van der Waals surface area (Å²) in [5.74, 6) is 0.488. The number of halogens is 1. The predicted molar refractivity (Wildman–Crippen MR) is 60.1 cm³/mol. The summed E-state index contributed by atoms with van der Waals surface area (Å²) in [5.41, 5.74) is 3.42. The molecule has 0 unspecified atom stereocenters. The van der Waals surface area contributed by atoms with E-state index in [-0.39, 0.29) is 0 Å². The molecule has 0 aromatic heterocycles. The van der Waals surface area contributed by atoms with Crippen LogP contribution < -0.4 is 0 Å². The van der Waals surface area contributed by atoms with Crippen LogP contribution in [0.1, 0.15) is 11.1 Å². The van der Waals surface area contributed by atoms with Gasteiger partial charge in [0, 0.05) is 5.88 Å². The fourth-order valence-corrected chi connectivity index (χ4v) is 1.12. The van der Waals surface area contributed by atoms with Crippen LogP contribution in [0, 0.1) is 6.92 Å². The van der Waals surface area contributed by atoms with Crippen molar-refractivity contribution in [3.63, 3.8) is 0 Å². The second-order valence-corrected chi connectivity index (χ2v) is 3.25. The van der Waals surface area contributed by atoms with Gasteiger partial charge in [0.2, 0.25) is 0 Å². The van der Waals surface area contributed by atoms with E-state index in [2.05, 4.69) is 25.6 Å². The van der Waals surface area contributed by atoms with Gasteiger partial charge in [0.1, 0.15) is 0 Å². The molecule has 0 radical (unpaired) electrons. The van der Waals surface area contributed by atoms with Crippen LogP contribution in [0.25, 0.3) is 6.08 Å². The Morgan fingerprint density at radius 1 is 1.46 bits per heavy atom. The zero-order chi connectivity index (χ0) is 9.68. The number of rotatable bonds is 3. The van der Waals surface area contributed by atoms with Gasteiger partial charge in [0.15, 0.2) is 0 Å². The van der Waals surface area contributed by atoms with E-state index in [0.29, 0.717) is 5.88 Å². The smallest absolute Gasteiger partial charge is 0.0468 e. The topological polar surface area (TPSA) is 0 Å². The lowest BCUT2D eigenvalue weighted by atomic mass is 10.1. The van der Waals surface area contributed by atoms with Gasteiger partial charge in [-0.3, -0.25) is 0 Å². The molecule has 0 heterocycles. The van der Waals surface area contributed by atoms with Crippen molar-refractivity contribution in [3.8, 4) is 0 Å². The molecular formula is C12H13Cl. The third kappa shape index (κ3) is 3.08. The van der Waals surface area contributed by atoms with Crippen molar-refractivity contribution in [3.05, 3.63) is 53.6 Å². The Bertz CT molecular complexity index is 324. The number of aryl methyl sites for hydroxylation is 1. The van der Waals surface area contributed by atoms with Crippen molar-refractivity contribution < 1.29 is 0 Å². The Morgan fingerprint density at radius 2 is 2.15 bits per heavy atom. The van der Waals surface area contributed by atoms with Gasteiger partial charge in [0.05, 0.1) is 0 Å². The molecule has 1 heteroatoms. The van der Waals surface area contributed by atoms with E-state index < -0.39 is 0 Å². The highest BCUT2D eigenvalue weighted by atomic mass is 35.5. The maximum absolute atomic E-state index is 5.61. The monoisotopic (exact) mass is 192 g/mol. The first-order chi connectivity index (χ1) is 6.24. The maximum Gasteiger partial charge on any atom is 0.0468 e. The average Bonchev–Trinajstić information content (AvgIpc) is 2.16. The van der Waals surface area contributed by atoms with Crippen molar-refractivity contribution >= 4 is 17.7 Å². The summed E-state index contributed by atoms with van der Waals surface area (Å²) in [4.78, 5) is 0. The summed E-state index contributed by atoms with van der Waals surface area (Å²) in [5, 5.41) is 0. The quantitative estimate of drug-likeness (QED) is 0.505. The van der Waals surface area contributed by atoms with Gasteiger partial charge in [-0.05, 0) is 23.6 Å². The van der Waals surface area contributed by atoms with Crippen molar-refractivity contribution in [2.24, 2.45) is 0 Å². The molecule has 0 aliphatic rings. The normalized spacial score (nSPS) is 10.6. The first kappa shape index (κ1) is 10.1. The SMILES string of the molecule is C=C(/C=C\c1ccccc1C)CCl. The molecule has 13 heavy (non-hydrogen) atoms. The van der Waals surface area contributed by atoms with Crippen LogP contribution in [0.5, 0.6) is 0 Å². The van der Waals surface area contributed by atoms with Crippen LogP contribution in [-0.4, -0.2) is 5.88 Å². The van der Waals surface area contributed by atoms with E-state index in [4.69, 9.17) is 11.6 Å². The van der Waals surface area contributed by atoms with Gasteiger partial charge in [-0.1, -0.05) is 43.0 Å². The highest BCUT2D eigenvalue weighted by molar-refractivity contribution is 6.19. The molecule has 0 bridgehead atoms. The summed E-state index contributed by atoms with van der Waals surface area (Å²) in [6.45, 7) is 5.89. The van der Waals surface area contributed by atoms with Gasteiger partial charge in [-0.15, -0.1) is 11.6 Å². The van der Waals surface area contributed by atoms with Gasteiger partial charge in [0.25, 0.3) is 0 Å². The molecule has 0 saturated carbocycles. The van der Waals surface area contributed by atoms with Crippen LogP contribution >= 0.6 is 11.6 Å². The number of alkyl halides is 1. The van der Waals surface area contributed by atoms with Crippen LogP contribution in [-0.2, 0) is 0 Å². The Hall–Kier alpha value is -1.01. The predicted octanol–water partition coefficient (Wildman–Crippen LogP) is 3.80. The fourth-order valence-electron chi connectivity index (χ4n) is 1.03. The van der Waals surface area contributed by atoms with Crippen LogP contribution in [0.4, 0.5) is 0 Å². The molecule has 0 aliphatic carbocycles. The molecule has 1 aromatic carbocycles. The zero-order valence-electron chi connectivity index (χ0n) is 7.76. The molecule has 0 N–H and O–H groups in total. The minimum Gasteiger partial charge on any atom is -0.122 e. The van der Waals surface area contributed by atoms with E-state index in [1.165, 1.54) is 11.1 Å². The number of hydrogen-bond acceptors (Lipinski definition) is 0. The molecule has 0 saturated heterocycles. The van der Waals surface area contributed by atoms with Crippen molar-refractivity contribution in [2.75, 3.05) is 5.88 Å². The molecule has 0 atom stereocenters. The molecule has 0 fully saturated rings. The highest BCUT2D eigenvalue weighted by Crippen LogP contribution is 2.10. The van der Waals surface area contributed by atoms with E-state index >= 15 is 0 Å². The molecule has 0 amide bonds. The van der Waals surface area contributed by atoms with Crippen molar-refractivity contribution in [1.82, 2.24) is 0 Å². The molecule has 1 aromatic rings. The highest BCUT2D eigenvalue weighted by Gasteiger charge is 1.90. The third-order valence-electron chi connectivity index (χ3n) is 1.86. The van der Waals surface area contributed by atoms with E-state index in [1.807, 2.05) is 24.3 Å². The lowest BCUT2D eigenvalue weighted by molar-refractivity contribution is 1.44. The molecule has 1 rings (SSSR count). The summed E-state index contributed by atoms with van der Waals surface area (Å²) in [7, 11) is 0. The maximum atomic E-state index is 5.61. The lowest BCUT2D eigenvalue weighted by Gasteiger charge is -1.98. The van der Waals surface area contributed by atoms with Gasteiger partial charge in [-0.2, -0.15) is 0 Å². The zero-order valence-corrected chi connectivity index (χ0v) is 8.51. The second kappa shape index (κ2) is 4.88. The summed E-state index contributed by atoms with van der Waals surface area (Å²) in [6, 6.07) is 8.22. The van der Waals surface area contributed by atoms with Gasteiger partial charge < -0.3 is 0 Å². The molecule has 68 valence electrons. The Kier molecular flexibility index (Phi) is 3.78. The van der Waals surface area contributed by atoms with Gasteiger partial charge in [-0.25, -0.2) is 0 Å². The first-order valence-electron chi connectivity index (χ1n) is 4.21. The molecule has 0 aliphatic heterocycles. The van der Waals surface area contributed by atoms with E-state index in [1.54, 1.807) is 0 Å². The number of hydrogen-bond donors (Lipinski definition) is 0. The summed E-state index contributed by atoms with van der Waals surface area (Å²) < 4.78 is 0. The van der Waals surface area contributed by atoms with Gasteiger partial charge >= 0.3 is 0 Å². The van der Waals surface area contributed by atoms with Crippen LogP contribution in [0.2, 0.25) is 0 Å². The van der Waals surface area contributed by atoms with Crippen molar-refractivity contribution in [1.29, 1.82) is 0 Å². The average molecular weight is 193 g/mol. The first-order valence-corrected chi connectivity index (χ1v) is 4.75. The summed E-state index contributed by atoms with van der Waals surface area (Å²) in [6.07, 6.45) is 4.00. The minimum atomic E-state index is 0.488. The Morgan fingerprint density at radius 3 is 2.77 bits per heavy atom. The summed E-state index contributed by atoms with van der Waals surface area (Å²) >= 11 is 5.61. The van der Waals surface area contributed by atoms with Crippen LogP contribution in [0.15, 0.2) is 42.5 Å². The molecule has 0 nitrogen and oxygen atoms in total. The minimum absolute atomic E-state index is 0.488. The molecule has 0 spiro atoms. The Labute approximate surface area is 84.5 Å². The lowest BCUT2D eigenvalue weighted by Crippen LogP contribution is -1.79. The van der Waals surface area contributed by atoms with Crippen molar-refractivity contribution in [2.45, 2.75) is 6.92 Å². The standard InChI is InChI=1S/C12H13Cl/c1-10(9-13)7-8-12-6-4-3-5-11(12)2/h3-8H,1,9H2,2H3/b8-7-. The van der Waals surface area contributed by atoms with Crippen LogP contribution in [0.3, 0.4) is 0 Å². The fraction of sp³-hybridized carbons (Fsp3) is 0.167.